The number of ether oxygens (including phenoxy) is 1. The highest BCUT2D eigenvalue weighted by Gasteiger charge is 2.15. The lowest BCUT2D eigenvalue weighted by Gasteiger charge is -2.11. The van der Waals surface area contributed by atoms with E-state index in [1.807, 2.05) is 64.7 Å². The monoisotopic (exact) mass is 376 g/mol. The molecule has 0 radical (unpaired) electrons. The van der Waals surface area contributed by atoms with Gasteiger partial charge in [-0.25, -0.2) is 4.52 Å². The Bertz CT molecular complexity index is 1220. The molecule has 2 heterocycles. The first-order valence-electron chi connectivity index (χ1n) is 8.94. The Morgan fingerprint density at radius 3 is 2.64 bits per heavy atom. The topological polar surface area (TPSA) is 77.6 Å². The lowest BCUT2D eigenvalue weighted by atomic mass is 10.2. The molecule has 0 spiro atoms. The van der Waals surface area contributed by atoms with E-state index >= 15 is 0 Å². The van der Waals surface area contributed by atoms with Crippen LogP contribution in [-0.4, -0.2) is 27.2 Å². The lowest BCUT2D eigenvalue weighted by molar-refractivity contribution is -0.122. The first-order valence-corrected chi connectivity index (χ1v) is 8.94. The number of carbonyl (C=O) groups is 1. The van der Waals surface area contributed by atoms with Crippen LogP contribution in [0.5, 0.6) is 5.75 Å². The second kappa shape index (κ2) is 7.19. The number of para-hydroxylation sites is 1. The third kappa shape index (κ3) is 3.22. The van der Waals surface area contributed by atoms with Crippen molar-refractivity contribution >= 4 is 22.5 Å². The summed E-state index contributed by atoms with van der Waals surface area (Å²) in [6, 6.07) is 16.6. The highest BCUT2D eigenvalue weighted by atomic mass is 16.5. The molecule has 1 N–H and O–H groups in total. The van der Waals surface area contributed by atoms with Crippen molar-refractivity contribution in [1.29, 1.82) is 0 Å². The van der Waals surface area contributed by atoms with Crippen molar-refractivity contribution in [3.05, 3.63) is 76.2 Å². The van der Waals surface area contributed by atoms with E-state index in [1.54, 1.807) is 7.11 Å². The molecule has 142 valence electrons. The number of fused-ring (bicyclic) bond motifs is 3. The molecule has 0 aliphatic rings. The highest BCUT2D eigenvalue weighted by Crippen LogP contribution is 2.21. The molecular weight excluding hydrogens is 356 g/mol. The normalized spacial score (nSPS) is 11.1. The predicted octanol–water partition coefficient (Wildman–Crippen LogP) is 2.28. The van der Waals surface area contributed by atoms with Gasteiger partial charge < -0.3 is 10.1 Å². The number of hydrogen-bond donors (Lipinski definition) is 1. The van der Waals surface area contributed by atoms with Crippen molar-refractivity contribution in [2.75, 3.05) is 7.11 Å². The first-order chi connectivity index (χ1) is 13.6. The SMILES string of the molecule is COc1ccc(CNC(=O)Cn2c3ccccc3c3nc(=O)cc(C)n32)cc1. The molecule has 0 aliphatic carbocycles. The summed E-state index contributed by atoms with van der Waals surface area (Å²) in [5.41, 5.74) is 2.84. The zero-order valence-electron chi connectivity index (χ0n) is 15.7. The van der Waals surface area contributed by atoms with Gasteiger partial charge in [0.15, 0.2) is 5.65 Å². The second-order valence-corrected chi connectivity index (χ2v) is 6.57. The number of hydrogen-bond acceptors (Lipinski definition) is 4. The molecule has 28 heavy (non-hydrogen) atoms. The largest absolute Gasteiger partial charge is 0.497 e. The number of aryl methyl sites for hydroxylation is 1. The minimum absolute atomic E-state index is 0.117. The number of benzene rings is 2. The molecule has 2 aromatic heterocycles. The fourth-order valence-electron chi connectivity index (χ4n) is 3.36. The molecule has 0 saturated heterocycles. The number of nitrogens with zero attached hydrogens (tertiary/aromatic N) is 3. The summed E-state index contributed by atoms with van der Waals surface area (Å²) in [6.45, 7) is 2.37. The zero-order chi connectivity index (χ0) is 19.7. The van der Waals surface area contributed by atoms with Crippen molar-refractivity contribution in [2.24, 2.45) is 0 Å². The Morgan fingerprint density at radius 2 is 1.89 bits per heavy atom. The van der Waals surface area contributed by atoms with Crippen molar-refractivity contribution in [1.82, 2.24) is 19.5 Å². The smallest absolute Gasteiger partial charge is 0.273 e. The molecule has 1 amide bonds. The van der Waals surface area contributed by atoms with Crippen LogP contribution in [0, 0.1) is 6.92 Å². The number of carbonyl (C=O) groups excluding carboxylic acids is 1. The maximum absolute atomic E-state index is 12.6. The van der Waals surface area contributed by atoms with E-state index in [-0.39, 0.29) is 18.0 Å². The van der Waals surface area contributed by atoms with Crippen LogP contribution in [0.4, 0.5) is 0 Å². The van der Waals surface area contributed by atoms with Gasteiger partial charge in [0.05, 0.1) is 12.6 Å². The summed E-state index contributed by atoms with van der Waals surface area (Å²) in [5.74, 6) is 0.647. The van der Waals surface area contributed by atoms with Crippen LogP contribution in [0.25, 0.3) is 16.6 Å². The van der Waals surface area contributed by atoms with Gasteiger partial charge in [0.1, 0.15) is 12.3 Å². The van der Waals surface area contributed by atoms with Gasteiger partial charge in [-0.15, -0.1) is 0 Å². The van der Waals surface area contributed by atoms with Crippen LogP contribution in [0.3, 0.4) is 0 Å². The Kier molecular flexibility index (Phi) is 4.57. The van der Waals surface area contributed by atoms with E-state index in [0.29, 0.717) is 12.2 Å². The molecule has 4 aromatic rings. The van der Waals surface area contributed by atoms with E-state index in [0.717, 1.165) is 27.9 Å². The summed E-state index contributed by atoms with van der Waals surface area (Å²) in [7, 11) is 1.62. The van der Waals surface area contributed by atoms with Crippen molar-refractivity contribution in [2.45, 2.75) is 20.0 Å². The van der Waals surface area contributed by atoms with Crippen LogP contribution < -0.4 is 15.6 Å². The van der Waals surface area contributed by atoms with Gasteiger partial charge in [-0.05, 0) is 36.8 Å². The standard InChI is InChI=1S/C21H20N4O3/c1-14-11-19(26)23-21-17-5-3-4-6-18(17)24(25(14)21)13-20(27)22-12-15-7-9-16(28-2)10-8-15/h3-11H,12-13H2,1-2H3,(H,22,27). The van der Waals surface area contributed by atoms with E-state index in [1.165, 1.54) is 6.07 Å². The zero-order valence-corrected chi connectivity index (χ0v) is 15.7. The molecule has 7 nitrogen and oxygen atoms in total. The Labute approximate surface area is 161 Å². The van der Waals surface area contributed by atoms with Crippen LogP contribution in [-0.2, 0) is 17.9 Å². The third-order valence-electron chi connectivity index (χ3n) is 4.69. The summed E-state index contributed by atoms with van der Waals surface area (Å²) in [6.07, 6.45) is 0. The molecule has 7 heteroatoms. The van der Waals surface area contributed by atoms with Crippen LogP contribution >= 0.6 is 0 Å². The average Bonchev–Trinajstić information content (AvgIpc) is 3.01. The van der Waals surface area contributed by atoms with Gasteiger partial charge in [-0.2, -0.15) is 4.98 Å². The quantitative estimate of drug-likeness (QED) is 0.580. The summed E-state index contributed by atoms with van der Waals surface area (Å²) < 4.78 is 8.81. The predicted molar refractivity (Wildman–Crippen MR) is 107 cm³/mol. The summed E-state index contributed by atoms with van der Waals surface area (Å²) in [5, 5.41) is 3.78. The maximum Gasteiger partial charge on any atom is 0.273 e. The van der Waals surface area contributed by atoms with Crippen LogP contribution in [0.15, 0.2) is 59.4 Å². The molecule has 2 aromatic carbocycles. The van der Waals surface area contributed by atoms with E-state index < -0.39 is 0 Å². The van der Waals surface area contributed by atoms with Gasteiger partial charge >= 0.3 is 0 Å². The Morgan fingerprint density at radius 1 is 1.14 bits per heavy atom. The molecule has 0 aliphatic heterocycles. The third-order valence-corrected chi connectivity index (χ3v) is 4.69. The van der Waals surface area contributed by atoms with Gasteiger partial charge in [0.2, 0.25) is 5.91 Å². The molecule has 0 saturated carbocycles. The van der Waals surface area contributed by atoms with E-state index in [2.05, 4.69) is 10.3 Å². The molecule has 0 unspecified atom stereocenters. The fraction of sp³-hybridized carbons (Fsp3) is 0.190. The second-order valence-electron chi connectivity index (χ2n) is 6.57. The number of methoxy groups -OCH3 is 1. The lowest BCUT2D eigenvalue weighted by Crippen LogP contribution is -2.29. The summed E-state index contributed by atoms with van der Waals surface area (Å²) >= 11 is 0. The maximum atomic E-state index is 12.6. The van der Waals surface area contributed by atoms with Crippen LogP contribution in [0.1, 0.15) is 11.3 Å². The minimum atomic E-state index is -0.288. The Balaban J connectivity index is 1.63. The van der Waals surface area contributed by atoms with Crippen molar-refractivity contribution < 1.29 is 9.53 Å². The highest BCUT2D eigenvalue weighted by molar-refractivity contribution is 5.93. The van der Waals surface area contributed by atoms with Crippen LogP contribution in [0.2, 0.25) is 0 Å². The van der Waals surface area contributed by atoms with Crippen molar-refractivity contribution in [3.8, 4) is 5.75 Å². The van der Waals surface area contributed by atoms with Gasteiger partial charge in [0.25, 0.3) is 5.56 Å². The molecule has 0 bridgehead atoms. The first kappa shape index (κ1) is 17.8. The molecular formula is C21H20N4O3. The fourth-order valence-corrected chi connectivity index (χ4v) is 3.36. The minimum Gasteiger partial charge on any atom is -0.497 e. The van der Waals surface area contributed by atoms with Gasteiger partial charge in [-0.3, -0.25) is 14.3 Å². The molecule has 4 rings (SSSR count). The number of rotatable bonds is 5. The number of amides is 1. The molecule has 0 atom stereocenters. The summed E-state index contributed by atoms with van der Waals surface area (Å²) in [4.78, 5) is 28.6. The van der Waals surface area contributed by atoms with E-state index in [4.69, 9.17) is 4.74 Å². The number of nitrogens with one attached hydrogen (secondary N) is 1. The molecule has 0 fully saturated rings. The average molecular weight is 376 g/mol. The van der Waals surface area contributed by atoms with E-state index in [9.17, 15) is 9.59 Å². The number of aromatic nitrogens is 3. The van der Waals surface area contributed by atoms with Crippen molar-refractivity contribution in [3.63, 3.8) is 0 Å². The van der Waals surface area contributed by atoms with Gasteiger partial charge in [0, 0.05) is 23.7 Å². The van der Waals surface area contributed by atoms with Gasteiger partial charge in [-0.1, -0.05) is 24.3 Å². The Hall–Kier alpha value is -3.61.